The second-order valence-electron chi connectivity index (χ2n) is 31.7. The van der Waals surface area contributed by atoms with Gasteiger partial charge in [-0.2, -0.15) is 0 Å². The van der Waals surface area contributed by atoms with Gasteiger partial charge in [-0.3, -0.25) is 76.8 Å². The van der Waals surface area contributed by atoms with Gasteiger partial charge < -0.3 is 103 Å². The Bertz CT molecular complexity index is 3940. The third-order valence-electron chi connectivity index (χ3n) is 21.1. The summed E-state index contributed by atoms with van der Waals surface area (Å²) in [6.45, 7) is 15.6. The van der Waals surface area contributed by atoms with E-state index in [0.29, 0.717) is 129 Å². The summed E-state index contributed by atoms with van der Waals surface area (Å²) >= 11 is 0. The molecule has 3 aliphatic heterocycles. The lowest BCUT2D eigenvalue weighted by atomic mass is 9.75. The van der Waals surface area contributed by atoms with Gasteiger partial charge in [0.1, 0.15) is 56.3 Å². The fourth-order valence-electron chi connectivity index (χ4n) is 15.8. The fraction of sp³-hybridized carbons (Fsp3) is 0.637. The monoisotopic (exact) mass is 1800 g/mol. The molecule has 6 rings (SSSR count). The zero-order valence-corrected chi connectivity index (χ0v) is 75.7. The minimum absolute atomic E-state index is 0.0815. The molecule has 37 heteroatoms. The van der Waals surface area contributed by atoms with Crippen LogP contribution in [0.25, 0.3) is 0 Å². The van der Waals surface area contributed by atoms with Gasteiger partial charge in [-0.15, -0.1) is 0 Å². The third-order valence-corrected chi connectivity index (χ3v) is 21.1. The van der Waals surface area contributed by atoms with Gasteiger partial charge in [0.15, 0.2) is 55.5 Å². The number of nitrogens with one attached hydrogen (secondary N) is 5. The highest BCUT2D eigenvalue weighted by atomic mass is 16.7. The van der Waals surface area contributed by atoms with Crippen LogP contribution in [0, 0.1) is 0 Å². The van der Waals surface area contributed by atoms with Crippen molar-refractivity contribution in [3.05, 3.63) is 108 Å². The molecule has 0 bridgehead atoms. The first kappa shape index (κ1) is 106. The Morgan fingerprint density at radius 3 is 0.883 bits per heavy atom. The third kappa shape index (κ3) is 36.9. The summed E-state index contributed by atoms with van der Waals surface area (Å²) < 4.78 is 85.9. The maximum atomic E-state index is 14.8. The quantitative estimate of drug-likeness (QED) is 0.0177. The van der Waals surface area contributed by atoms with Crippen LogP contribution < -0.4 is 26.6 Å². The van der Waals surface area contributed by atoms with Crippen molar-refractivity contribution < 1.29 is 143 Å². The van der Waals surface area contributed by atoms with E-state index in [4.69, 9.17) is 71.1 Å². The highest BCUT2D eigenvalue weighted by molar-refractivity contribution is 5.78. The maximum Gasteiger partial charge on any atom is 0.303 e. The van der Waals surface area contributed by atoms with Crippen molar-refractivity contribution in [1.82, 2.24) is 36.4 Å². The molecule has 710 valence electrons. The Kier molecular flexibility index (Phi) is 47.0. The molecule has 3 aliphatic rings. The van der Waals surface area contributed by atoms with Crippen LogP contribution in [-0.2, 0) is 149 Å². The number of nitrogens with zero attached hydrogens (tertiary/aromatic N) is 2. The van der Waals surface area contributed by atoms with Crippen LogP contribution in [0.5, 0.6) is 0 Å². The van der Waals surface area contributed by atoms with Crippen LogP contribution in [0.1, 0.15) is 215 Å². The molecule has 3 saturated heterocycles. The second kappa shape index (κ2) is 56.7. The van der Waals surface area contributed by atoms with Crippen molar-refractivity contribution in [2.75, 3.05) is 78.9 Å². The highest BCUT2D eigenvalue weighted by Crippen LogP contribution is 2.43. The second-order valence-corrected chi connectivity index (χ2v) is 31.7. The molecule has 37 nitrogen and oxygen atoms in total. The number of carbonyl (C=O) groups excluding carboxylic acids is 15. The normalized spacial score (nSPS) is 21.9. The predicted molar refractivity (Wildman–Crippen MR) is 456 cm³/mol. The van der Waals surface area contributed by atoms with Crippen LogP contribution in [0.3, 0.4) is 0 Å². The first-order chi connectivity index (χ1) is 61.2. The van der Waals surface area contributed by atoms with Gasteiger partial charge in [0, 0.05) is 161 Å². The lowest BCUT2D eigenvalue weighted by molar-refractivity contribution is -0.277. The van der Waals surface area contributed by atoms with Crippen LogP contribution >= 0.6 is 0 Å². The molecule has 0 saturated carbocycles. The summed E-state index contributed by atoms with van der Waals surface area (Å²) in [5.41, 5.74) is 2.08. The van der Waals surface area contributed by atoms with Crippen molar-refractivity contribution in [3.63, 3.8) is 0 Å². The largest absolute Gasteiger partial charge is 0.463 e. The molecule has 9 unspecified atom stereocenters. The van der Waals surface area contributed by atoms with E-state index in [-0.39, 0.29) is 76.6 Å². The molecule has 5 N–H and O–H groups in total. The number of ether oxygens (including phenoxy) is 15. The molecule has 3 heterocycles. The van der Waals surface area contributed by atoms with E-state index in [2.05, 4.69) is 67.9 Å². The highest BCUT2D eigenvalue weighted by Gasteiger charge is 2.55. The molecule has 15 atom stereocenters. The summed E-state index contributed by atoms with van der Waals surface area (Å²) in [5.74, 6) is -8.33. The van der Waals surface area contributed by atoms with Crippen LogP contribution in [0.4, 0.5) is 0 Å². The number of rotatable bonds is 55. The van der Waals surface area contributed by atoms with Gasteiger partial charge in [-0.05, 0) is 74.5 Å². The van der Waals surface area contributed by atoms with E-state index in [1.165, 1.54) is 41.5 Å². The number of unbranched alkanes of at least 4 members (excludes halogenated alkanes) is 9. The zero-order valence-electron chi connectivity index (χ0n) is 75.7. The molecule has 3 fully saturated rings. The lowest BCUT2D eigenvalue weighted by Gasteiger charge is -2.46. The maximum absolute atomic E-state index is 14.8. The summed E-state index contributed by atoms with van der Waals surface area (Å²) in [6, 6.07) is 27.2. The van der Waals surface area contributed by atoms with Crippen LogP contribution in [0.2, 0.25) is 0 Å². The minimum Gasteiger partial charge on any atom is -0.463 e. The Labute approximate surface area is 748 Å². The van der Waals surface area contributed by atoms with E-state index >= 15 is 0 Å². The number of esters is 9. The summed E-state index contributed by atoms with van der Waals surface area (Å²) in [5, 5.41) is 14.3. The average molecular weight is 1800 g/mol. The number of hydrogen-bond donors (Lipinski definition) is 5. The van der Waals surface area contributed by atoms with Crippen molar-refractivity contribution >= 4 is 89.2 Å². The fourth-order valence-corrected chi connectivity index (χ4v) is 15.8. The molecule has 128 heavy (non-hydrogen) atoms. The number of hydrogen-bond acceptors (Lipinski definition) is 31. The van der Waals surface area contributed by atoms with E-state index in [1.807, 2.05) is 59.5 Å². The molecule has 6 amide bonds. The van der Waals surface area contributed by atoms with Gasteiger partial charge >= 0.3 is 53.7 Å². The number of amides is 6. The van der Waals surface area contributed by atoms with Crippen molar-refractivity contribution in [3.8, 4) is 0 Å². The van der Waals surface area contributed by atoms with Gasteiger partial charge in [-0.25, -0.2) is 0 Å². The molecular formula is C91H131N7O30. The topological polar surface area (TPSA) is 461 Å². The molecule has 0 aliphatic carbocycles. The van der Waals surface area contributed by atoms with Gasteiger partial charge in [0.2, 0.25) is 35.4 Å². The summed E-state index contributed by atoms with van der Waals surface area (Å²) in [4.78, 5) is 194. The molecule has 0 radical (unpaired) electrons. The summed E-state index contributed by atoms with van der Waals surface area (Å²) in [7, 11) is 0. The Morgan fingerprint density at radius 1 is 0.312 bits per heavy atom. The Hall–Kier alpha value is -10.6. The van der Waals surface area contributed by atoms with Gasteiger partial charge in [0.05, 0.1) is 5.54 Å². The lowest BCUT2D eigenvalue weighted by Crippen LogP contribution is -2.66. The van der Waals surface area contributed by atoms with E-state index in [0.717, 1.165) is 58.2 Å². The van der Waals surface area contributed by atoms with E-state index in [1.54, 1.807) is 0 Å². The zero-order chi connectivity index (χ0) is 93.7. The first-order valence-electron chi connectivity index (χ1n) is 44.0. The Balaban J connectivity index is 1.13. The predicted octanol–water partition coefficient (Wildman–Crippen LogP) is 6.38. The minimum atomic E-state index is -1.30. The standard InChI is InChI=1S/C91H131N7O30/c1-58(99)94-79-85(123-67(10)108)82(120-64(7)105)73(55-117-61(4)102)126-88(79)114-52-31-16-13-28-43-76(111)92-46-34-48-97(78(113)45-30-15-18-33-54-116-90-81(96-60(3)101)87(125-69(12)110)84(122-66(9)107)75(128-90)57-119-63(6)104)49-36-51-98(91(70-37-22-19-23-38-70,71-39-24-20-25-40-71)72-41-26-21-27-42-72)50-35-47-93-77(112)44-29-14-17-32-53-115-89-80(95-59(2)100)86(124-68(11)109)83(121-65(8)106)74(127-89)56-118-62(5)103/h19-27,37-42,73-75,79-90H,13-18,28-36,43-57H2,1-12H3,(H,92,111)(H,93,112)(H,94,99)(H,95,100)(H,96,101)/t73?,74?,75?,79?,80?,81?,82-,83-,84-,85?,86?,87?,88+,89+,90+/m0/s1. The first-order valence-corrected chi connectivity index (χ1v) is 44.0. The number of benzene rings is 3. The van der Waals surface area contributed by atoms with Crippen molar-refractivity contribution in [1.29, 1.82) is 0 Å². The van der Waals surface area contributed by atoms with Crippen LogP contribution in [0.15, 0.2) is 91.0 Å². The molecule has 0 spiro atoms. The summed E-state index contributed by atoms with van der Waals surface area (Å²) in [6.07, 6.45) is -5.93. The van der Waals surface area contributed by atoms with Crippen molar-refractivity contribution in [2.45, 2.75) is 296 Å². The van der Waals surface area contributed by atoms with E-state index in [9.17, 15) is 71.9 Å². The molecule has 0 aromatic heterocycles. The van der Waals surface area contributed by atoms with Crippen LogP contribution in [-0.4, -0.2) is 270 Å². The average Bonchev–Trinajstić information content (AvgIpc) is 0.745. The molecule has 3 aromatic carbocycles. The number of carbonyl (C=O) groups is 15. The molecular weight excluding hydrogens is 1670 g/mol. The smallest absolute Gasteiger partial charge is 0.303 e. The Morgan fingerprint density at radius 2 is 0.586 bits per heavy atom. The van der Waals surface area contributed by atoms with Crippen molar-refractivity contribution in [2.24, 2.45) is 0 Å². The van der Waals surface area contributed by atoms with Gasteiger partial charge in [-0.1, -0.05) is 130 Å². The van der Waals surface area contributed by atoms with Gasteiger partial charge in [0.25, 0.3) is 0 Å². The van der Waals surface area contributed by atoms with E-state index < -0.39 is 176 Å². The SMILES string of the molecule is CC(=O)NC1C(OC(C)=O)[C@@H](OC(C)=O)C(COC(C)=O)O[C@H]1OCCCCCCC(=O)NCCCN(CCCN(CCCNC(=O)CCCCCCO[C@@H]1OC(COC(C)=O)[C@H](OC(C)=O)C(OC(C)=O)C1NC(C)=O)C(c1ccccc1)(c1ccccc1)c1ccccc1)C(=O)CCCCCCO[C@@H]1OC(COC(C)=O)[C@H](OC(C)=O)C(OC(C)=O)C1NC(C)=O. The molecule has 3 aromatic rings.